The zero-order valence-corrected chi connectivity index (χ0v) is 25.4. The van der Waals surface area contributed by atoms with E-state index in [4.69, 9.17) is 9.47 Å². The molecule has 3 heterocycles. The Morgan fingerprint density at radius 3 is 2.35 bits per heavy atom. The highest BCUT2D eigenvalue weighted by Crippen LogP contribution is 2.34. The van der Waals surface area contributed by atoms with Gasteiger partial charge in [-0.25, -0.2) is 9.78 Å². The van der Waals surface area contributed by atoms with Gasteiger partial charge in [-0.3, -0.25) is 18.7 Å². The van der Waals surface area contributed by atoms with Gasteiger partial charge < -0.3 is 19.1 Å². The van der Waals surface area contributed by atoms with Crippen molar-refractivity contribution in [3.8, 4) is 40.1 Å². The summed E-state index contributed by atoms with van der Waals surface area (Å²) < 4.78 is 18.1. The van der Waals surface area contributed by atoms with Crippen molar-refractivity contribution in [1.82, 2.24) is 19.3 Å². The number of carbonyl (C=O) groups is 1. The van der Waals surface area contributed by atoms with Crippen molar-refractivity contribution in [2.75, 3.05) is 14.2 Å². The molecule has 46 heavy (non-hydrogen) atoms. The summed E-state index contributed by atoms with van der Waals surface area (Å²) in [6, 6.07) is 21.1. The minimum absolute atomic E-state index is 0. The first-order valence-electron chi connectivity index (χ1n) is 14.0. The van der Waals surface area contributed by atoms with Crippen LogP contribution in [-0.2, 0) is 19.5 Å². The summed E-state index contributed by atoms with van der Waals surface area (Å²) in [5, 5.41) is 15.7. The Bertz CT molecular complexity index is 2160. The van der Waals surface area contributed by atoms with Crippen molar-refractivity contribution in [3.63, 3.8) is 0 Å². The molecule has 0 aliphatic heterocycles. The lowest BCUT2D eigenvalue weighted by Crippen LogP contribution is -2.41. The van der Waals surface area contributed by atoms with Gasteiger partial charge in [0, 0.05) is 21.6 Å². The van der Waals surface area contributed by atoms with Crippen LogP contribution in [-0.4, -0.2) is 39.3 Å². The molecule has 0 aliphatic carbocycles. The predicted molar refractivity (Wildman–Crippen MR) is 174 cm³/mol. The molecule has 0 amide bonds. The molecule has 0 atom stereocenters. The highest BCUT2D eigenvalue weighted by atomic mass is 32.1. The van der Waals surface area contributed by atoms with Gasteiger partial charge in [-0.15, -0.1) is 11.3 Å². The van der Waals surface area contributed by atoms with Gasteiger partial charge in [-0.1, -0.05) is 50.7 Å². The Morgan fingerprint density at radius 2 is 1.70 bits per heavy atom. The fourth-order valence-corrected chi connectivity index (χ4v) is 6.26. The monoisotopic (exact) mass is 639 g/mol. The first-order valence-corrected chi connectivity index (χ1v) is 14.8. The summed E-state index contributed by atoms with van der Waals surface area (Å²) in [6.07, 6.45) is -0.0972. The molecular weight excluding hydrogens is 608 g/mol. The molecule has 0 fully saturated rings. The highest BCUT2D eigenvalue weighted by Gasteiger charge is 2.20. The van der Waals surface area contributed by atoms with E-state index in [0.29, 0.717) is 44.8 Å². The first-order chi connectivity index (χ1) is 21.8. The Kier molecular flexibility index (Phi) is 9.19. The van der Waals surface area contributed by atoms with E-state index in [-0.39, 0.29) is 25.6 Å². The number of fused-ring (bicyclic) bond motifs is 1. The molecule has 0 aliphatic rings. The standard InChI is InChI=1S/C33H28N4O7S.CH4/c1-4-23-16-26-30(39)36(18-27(38)19-11-13-22(42-2)14-12-19)33(41)37(31(26)45-23)17-21-10-9-20(15-28(21)43-3)24-7-5-6-8-25(24)29-34-32(40)44-35-29;/h5-16H,4,17-18H2,1-3H3,(H,34,35,40);1H4/p-1. The number of carbonyl (C=O) groups excluding carboxylic acids is 1. The number of benzene rings is 3. The summed E-state index contributed by atoms with van der Waals surface area (Å²) in [7, 11) is 3.06. The number of hydrogen-bond acceptors (Lipinski definition) is 10. The van der Waals surface area contributed by atoms with Crippen LogP contribution in [0.4, 0.5) is 0 Å². The summed E-state index contributed by atoms with van der Waals surface area (Å²) >= 11 is 1.38. The van der Waals surface area contributed by atoms with Gasteiger partial charge in [0.1, 0.15) is 16.3 Å². The maximum atomic E-state index is 13.9. The summed E-state index contributed by atoms with van der Waals surface area (Å²) in [4.78, 5) is 46.0. The molecule has 0 spiro atoms. The van der Waals surface area contributed by atoms with Gasteiger partial charge in [0.05, 0.1) is 32.7 Å². The zero-order valence-electron chi connectivity index (χ0n) is 24.6. The number of Topliss-reactive ketones (excluding diaryl/α,β-unsaturated/α-hetero) is 1. The SMILES string of the molecule is C.CCc1cc2c(=O)n(CC(=O)c3ccc(OC)cc3)c(=O)n(Cc3ccc(-c4ccccc4-c4noc([O-])n4)cc3OC)c2s1. The Hall–Kier alpha value is -5.49. The van der Waals surface area contributed by atoms with E-state index in [2.05, 4.69) is 14.7 Å². The number of nitrogens with zero attached hydrogens (tertiary/aromatic N) is 4. The molecule has 11 nitrogen and oxygen atoms in total. The molecule has 6 aromatic rings. The third-order valence-corrected chi connectivity index (χ3v) is 8.81. The fraction of sp³-hybridized carbons (Fsp3) is 0.206. The van der Waals surface area contributed by atoms with Crippen LogP contribution in [0, 0.1) is 0 Å². The largest absolute Gasteiger partial charge is 0.528 e. The van der Waals surface area contributed by atoms with Crippen LogP contribution in [0.3, 0.4) is 0 Å². The summed E-state index contributed by atoms with van der Waals surface area (Å²) in [6.45, 7) is 1.65. The number of methoxy groups -OCH3 is 2. The number of rotatable bonds is 10. The van der Waals surface area contributed by atoms with Crippen molar-refractivity contribution in [2.24, 2.45) is 0 Å². The second-order valence-corrected chi connectivity index (χ2v) is 11.3. The quantitative estimate of drug-likeness (QED) is 0.186. The van der Waals surface area contributed by atoms with Crippen molar-refractivity contribution in [2.45, 2.75) is 33.9 Å². The lowest BCUT2D eigenvalue weighted by atomic mass is 9.97. The Morgan fingerprint density at radius 1 is 0.957 bits per heavy atom. The van der Waals surface area contributed by atoms with E-state index in [9.17, 15) is 19.5 Å². The van der Waals surface area contributed by atoms with Gasteiger partial charge >= 0.3 is 5.69 Å². The molecule has 0 saturated carbocycles. The molecule has 0 unspecified atom stereocenters. The van der Waals surface area contributed by atoms with Crippen molar-refractivity contribution in [1.29, 1.82) is 0 Å². The lowest BCUT2D eigenvalue weighted by molar-refractivity contribution is -0.303. The van der Waals surface area contributed by atoms with Gasteiger partial charge in [0.15, 0.2) is 17.7 Å². The fourth-order valence-electron chi connectivity index (χ4n) is 5.18. The molecule has 6 rings (SSSR count). The van der Waals surface area contributed by atoms with Gasteiger partial charge in [-0.2, -0.15) is 5.16 Å². The van der Waals surface area contributed by atoms with E-state index in [1.54, 1.807) is 36.4 Å². The second-order valence-electron chi connectivity index (χ2n) is 10.2. The number of thiophene rings is 1. The molecule has 0 N–H and O–H groups in total. The van der Waals surface area contributed by atoms with Crippen LogP contribution in [0.1, 0.15) is 35.1 Å². The van der Waals surface area contributed by atoms with Crippen LogP contribution in [0.15, 0.2) is 86.9 Å². The number of ketones is 1. The Balaban J connectivity index is 0.00000417. The van der Waals surface area contributed by atoms with E-state index in [1.807, 2.05) is 43.3 Å². The minimum Gasteiger partial charge on any atom is -0.528 e. The molecule has 0 radical (unpaired) electrons. The lowest BCUT2D eigenvalue weighted by Gasteiger charge is -2.15. The topological polar surface area (TPSA) is 142 Å². The van der Waals surface area contributed by atoms with Crippen LogP contribution in [0.25, 0.3) is 32.7 Å². The van der Waals surface area contributed by atoms with Gasteiger partial charge in [0.25, 0.3) is 5.56 Å². The summed E-state index contributed by atoms with van der Waals surface area (Å²) in [5.41, 5.74) is 2.06. The summed E-state index contributed by atoms with van der Waals surface area (Å²) in [5.74, 6) is 0.885. The predicted octanol–water partition coefficient (Wildman–Crippen LogP) is 5.16. The third-order valence-electron chi connectivity index (χ3n) is 7.51. The molecule has 236 valence electrons. The van der Waals surface area contributed by atoms with E-state index in [0.717, 1.165) is 20.6 Å². The number of aromatic nitrogens is 4. The third kappa shape index (κ3) is 5.94. The molecular formula is C34H31N4O7S-. The zero-order chi connectivity index (χ0) is 31.7. The van der Waals surface area contributed by atoms with Crippen molar-refractivity contribution in [3.05, 3.63) is 110 Å². The average molecular weight is 640 g/mol. The van der Waals surface area contributed by atoms with Crippen LogP contribution in [0.2, 0.25) is 0 Å². The van der Waals surface area contributed by atoms with Gasteiger partial charge in [-0.05, 0) is 53.9 Å². The molecule has 0 bridgehead atoms. The number of ether oxygens (including phenoxy) is 2. The minimum atomic E-state index is -0.781. The number of hydrogen-bond donors (Lipinski definition) is 0. The van der Waals surface area contributed by atoms with Crippen molar-refractivity contribution < 1.29 is 23.9 Å². The molecule has 12 heteroatoms. The highest BCUT2D eigenvalue weighted by molar-refractivity contribution is 7.18. The molecule has 0 saturated heterocycles. The van der Waals surface area contributed by atoms with Crippen LogP contribution < -0.4 is 25.8 Å². The molecule has 3 aromatic carbocycles. The second kappa shape index (κ2) is 13.2. The Labute approximate surface area is 267 Å². The van der Waals surface area contributed by atoms with Crippen LogP contribution in [0.5, 0.6) is 17.6 Å². The maximum Gasteiger partial charge on any atom is 0.332 e. The van der Waals surface area contributed by atoms with Crippen LogP contribution >= 0.6 is 11.3 Å². The normalized spacial score (nSPS) is 10.9. The average Bonchev–Trinajstić information content (AvgIpc) is 3.71. The van der Waals surface area contributed by atoms with E-state index in [1.165, 1.54) is 30.1 Å². The maximum absolute atomic E-state index is 13.9. The van der Waals surface area contributed by atoms with E-state index < -0.39 is 23.9 Å². The van der Waals surface area contributed by atoms with E-state index >= 15 is 0 Å². The van der Waals surface area contributed by atoms with Gasteiger partial charge in [0.2, 0.25) is 0 Å². The molecule has 3 aromatic heterocycles. The smallest absolute Gasteiger partial charge is 0.332 e. The first kappa shape index (κ1) is 31.9. The van der Waals surface area contributed by atoms with Crippen molar-refractivity contribution >= 4 is 27.3 Å². The number of aryl methyl sites for hydroxylation is 1.